The molecular weight excluding hydrogens is 236 g/mol. The van der Waals surface area contributed by atoms with Crippen molar-refractivity contribution >= 4 is 5.97 Å². The van der Waals surface area contributed by atoms with Gasteiger partial charge in [0.2, 0.25) is 0 Å². The standard InChI is InChI=1S/C17H26O2/c1-3-4-9-17(18)19-14-7-5-6-8-16-12-10-15(2)11-13-16/h10-13H,3-9,14H2,1-2H3. The van der Waals surface area contributed by atoms with Crippen molar-refractivity contribution < 1.29 is 9.53 Å². The molecule has 0 aliphatic heterocycles. The molecule has 0 spiro atoms. The summed E-state index contributed by atoms with van der Waals surface area (Å²) in [5, 5.41) is 0. The highest BCUT2D eigenvalue weighted by Gasteiger charge is 2.01. The molecule has 2 heteroatoms. The molecule has 0 atom stereocenters. The van der Waals surface area contributed by atoms with Gasteiger partial charge in [-0.15, -0.1) is 0 Å². The zero-order chi connectivity index (χ0) is 13.9. The van der Waals surface area contributed by atoms with Crippen LogP contribution in [0.2, 0.25) is 0 Å². The lowest BCUT2D eigenvalue weighted by molar-refractivity contribution is -0.143. The summed E-state index contributed by atoms with van der Waals surface area (Å²) in [5.41, 5.74) is 2.70. The monoisotopic (exact) mass is 262 g/mol. The molecule has 0 aromatic heterocycles. The Hall–Kier alpha value is -1.31. The molecule has 0 aliphatic carbocycles. The average Bonchev–Trinajstić information content (AvgIpc) is 2.42. The fourth-order valence-electron chi connectivity index (χ4n) is 1.94. The molecule has 1 aromatic rings. The van der Waals surface area contributed by atoms with E-state index < -0.39 is 0 Å². The quantitative estimate of drug-likeness (QED) is 0.486. The minimum absolute atomic E-state index is 0.0413. The van der Waals surface area contributed by atoms with Crippen LogP contribution in [0.1, 0.15) is 56.6 Å². The van der Waals surface area contributed by atoms with Gasteiger partial charge in [-0.1, -0.05) is 43.2 Å². The lowest BCUT2D eigenvalue weighted by atomic mass is 10.1. The van der Waals surface area contributed by atoms with Gasteiger partial charge < -0.3 is 4.74 Å². The Kier molecular flexibility index (Phi) is 7.95. The molecule has 0 saturated carbocycles. The van der Waals surface area contributed by atoms with Gasteiger partial charge >= 0.3 is 5.97 Å². The predicted octanol–water partition coefficient (Wildman–Crippen LogP) is 4.44. The van der Waals surface area contributed by atoms with Gasteiger partial charge in [-0.3, -0.25) is 4.79 Å². The van der Waals surface area contributed by atoms with E-state index in [2.05, 4.69) is 38.1 Å². The first-order chi connectivity index (χ1) is 9.22. The van der Waals surface area contributed by atoms with E-state index in [9.17, 15) is 4.79 Å². The normalized spacial score (nSPS) is 10.4. The second-order valence-electron chi connectivity index (χ2n) is 5.12. The molecule has 106 valence electrons. The molecular formula is C17H26O2. The molecule has 0 saturated heterocycles. The lowest BCUT2D eigenvalue weighted by Gasteiger charge is -2.05. The number of hydrogen-bond donors (Lipinski definition) is 0. The topological polar surface area (TPSA) is 26.3 Å². The Balaban J connectivity index is 1.99. The van der Waals surface area contributed by atoms with E-state index >= 15 is 0 Å². The van der Waals surface area contributed by atoms with Crippen molar-refractivity contribution in [1.29, 1.82) is 0 Å². The second kappa shape index (κ2) is 9.60. The van der Waals surface area contributed by atoms with E-state index in [4.69, 9.17) is 4.74 Å². The third kappa shape index (κ3) is 7.66. The Morgan fingerprint density at radius 3 is 2.47 bits per heavy atom. The minimum Gasteiger partial charge on any atom is -0.466 e. The van der Waals surface area contributed by atoms with Crippen molar-refractivity contribution in [3.63, 3.8) is 0 Å². The van der Waals surface area contributed by atoms with Crippen LogP contribution < -0.4 is 0 Å². The van der Waals surface area contributed by atoms with Crippen LogP contribution >= 0.6 is 0 Å². The molecule has 1 rings (SSSR count). The van der Waals surface area contributed by atoms with Crippen molar-refractivity contribution in [1.82, 2.24) is 0 Å². The van der Waals surface area contributed by atoms with Crippen LogP contribution in [0.15, 0.2) is 24.3 Å². The van der Waals surface area contributed by atoms with E-state index in [1.54, 1.807) is 0 Å². The zero-order valence-corrected chi connectivity index (χ0v) is 12.3. The number of carbonyl (C=O) groups is 1. The average molecular weight is 262 g/mol. The molecule has 0 amide bonds. The second-order valence-corrected chi connectivity index (χ2v) is 5.12. The van der Waals surface area contributed by atoms with E-state index in [1.807, 2.05) is 0 Å². The number of rotatable bonds is 9. The molecule has 0 fully saturated rings. The molecule has 0 heterocycles. The van der Waals surface area contributed by atoms with Crippen LogP contribution in [0.3, 0.4) is 0 Å². The highest BCUT2D eigenvalue weighted by Crippen LogP contribution is 2.08. The fraction of sp³-hybridized carbons (Fsp3) is 0.588. The third-order valence-electron chi connectivity index (χ3n) is 3.23. The van der Waals surface area contributed by atoms with Gasteiger partial charge in [0, 0.05) is 6.42 Å². The van der Waals surface area contributed by atoms with Crippen molar-refractivity contribution in [2.45, 2.75) is 58.8 Å². The summed E-state index contributed by atoms with van der Waals surface area (Å²) in [5.74, 6) is -0.0413. The molecule has 0 radical (unpaired) electrons. The summed E-state index contributed by atoms with van der Waals surface area (Å²) >= 11 is 0. The van der Waals surface area contributed by atoms with Crippen LogP contribution in [0.4, 0.5) is 0 Å². The Morgan fingerprint density at radius 1 is 1.05 bits per heavy atom. The molecule has 1 aromatic carbocycles. The number of esters is 1. The first-order valence-electron chi connectivity index (χ1n) is 7.43. The molecule has 0 aliphatic rings. The predicted molar refractivity (Wildman–Crippen MR) is 79.2 cm³/mol. The molecule has 2 nitrogen and oxygen atoms in total. The largest absolute Gasteiger partial charge is 0.466 e. The third-order valence-corrected chi connectivity index (χ3v) is 3.23. The summed E-state index contributed by atoms with van der Waals surface area (Å²) in [6.45, 7) is 4.77. The lowest BCUT2D eigenvalue weighted by Crippen LogP contribution is -2.05. The SMILES string of the molecule is CCCCC(=O)OCCCCCc1ccc(C)cc1. The number of unbranched alkanes of at least 4 members (excludes halogenated alkanes) is 3. The molecule has 0 N–H and O–H groups in total. The maximum atomic E-state index is 11.3. The smallest absolute Gasteiger partial charge is 0.305 e. The minimum atomic E-state index is -0.0413. The summed E-state index contributed by atoms with van der Waals surface area (Å²) in [4.78, 5) is 11.3. The van der Waals surface area contributed by atoms with Crippen LogP contribution in [0.5, 0.6) is 0 Å². The van der Waals surface area contributed by atoms with Gasteiger partial charge in [0.15, 0.2) is 0 Å². The van der Waals surface area contributed by atoms with E-state index in [0.717, 1.165) is 38.5 Å². The van der Waals surface area contributed by atoms with E-state index in [-0.39, 0.29) is 5.97 Å². The van der Waals surface area contributed by atoms with Gasteiger partial charge in [0.05, 0.1) is 6.61 Å². The van der Waals surface area contributed by atoms with Crippen LogP contribution in [0, 0.1) is 6.92 Å². The zero-order valence-electron chi connectivity index (χ0n) is 12.3. The maximum Gasteiger partial charge on any atom is 0.305 e. The van der Waals surface area contributed by atoms with Crippen LogP contribution in [0.25, 0.3) is 0 Å². The van der Waals surface area contributed by atoms with Gasteiger partial charge in [-0.25, -0.2) is 0 Å². The highest BCUT2D eigenvalue weighted by atomic mass is 16.5. The molecule has 0 bridgehead atoms. The van der Waals surface area contributed by atoms with Gasteiger partial charge in [0.1, 0.15) is 0 Å². The maximum absolute atomic E-state index is 11.3. The van der Waals surface area contributed by atoms with Crippen LogP contribution in [-0.2, 0) is 16.0 Å². The summed E-state index contributed by atoms with van der Waals surface area (Å²) in [7, 11) is 0. The number of ether oxygens (including phenoxy) is 1. The number of hydrogen-bond acceptors (Lipinski definition) is 2. The molecule has 0 unspecified atom stereocenters. The van der Waals surface area contributed by atoms with Gasteiger partial charge in [-0.2, -0.15) is 0 Å². The van der Waals surface area contributed by atoms with E-state index in [1.165, 1.54) is 11.1 Å². The van der Waals surface area contributed by atoms with Crippen molar-refractivity contribution in [2.24, 2.45) is 0 Å². The number of benzene rings is 1. The highest BCUT2D eigenvalue weighted by molar-refractivity contribution is 5.69. The fourth-order valence-corrected chi connectivity index (χ4v) is 1.94. The summed E-state index contributed by atoms with van der Waals surface area (Å²) in [6, 6.07) is 8.70. The Labute approximate surface area is 117 Å². The summed E-state index contributed by atoms with van der Waals surface area (Å²) in [6.07, 6.45) is 6.93. The molecule has 19 heavy (non-hydrogen) atoms. The van der Waals surface area contributed by atoms with Crippen LogP contribution in [-0.4, -0.2) is 12.6 Å². The van der Waals surface area contributed by atoms with E-state index in [0.29, 0.717) is 13.0 Å². The van der Waals surface area contributed by atoms with Crippen molar-refractivity contribution in [3.8, 4) is 0 Å². The van der Waals surface area contributed by atoms with Crippen molar-refractivity contribution in [3.05, 3.63) is 35.4 Å². The number of carbonyl (C=O) groups excluding carboxylic acids is 1. The number of aryl methyl sites for hydroxylation is 2. The Morgan fingerprint density at radius 2 is 1.79 bits per heavy atom. The van der Waals surface area contributed by atoms with Gasteiger partial charge in [0.25, 0.3) is 0 Å². The van der Waals surface area contributed by atoms with Crippen molar-refractivity contribution in [2.75, 3.05) is 6.61 Å². The van der Waals surface area contributed by atoms with Gasteiger partial charge in [-0.05, 0) is 44.6 Å². The Bertz CT molecular complexity index is 354. The first-order valence-corrected chi connectivity index (χ1v) is 7.43. The summed E-state index contributed by atoms with van der Waals surface area (Å²) < 4.78 is 5.17. The first kappa shape index (κ1) is 15.7.